The molecule has 0 spiro atoms. The van der Waals surface area contributed by atoms with Crippen LogP contribution in [-0.4, -0.2) is 8.76 Å². The lowest BCUT2D eigenvalue weighted by molar-refractivity contribution is 0.379. The first-order chi connectivity index (χ1) is 1.73. The molecular weight excluding hydrogens is 80.1 g/mol. The molecule has 0 unspecified atom stereocenters. The zero-order chi connectivity index (χ0) is 3.58. The summed E-state index contributed by atoms with van der Waals surface area (Å²) in [5.74, 6) is 0. The number of rotatable bonds is 0. The highest BCUT2D eigenvalue weighted by Gasteiger charge is 1.48. The van der Waals surface area contributed by atoms with Crippen LogP contribution in [0.2, 0.25) is 0 Å². The van der Waals surface area contributed by atoms with E-state index in [1.807, 2.05) is 0 Å². The molecule has 0 aliphatic carbocycles. The summed E-state index contributed by atoms with van der Waals surface area (Å²) in [6.07, 6.45) is 0. The average molecular weight is 80.1 g/mol. The van der Waals surface area contributed by atoms with Crippen LogP contribution < -0.4 is 0 Å². The van der Waals surface area contributed by atoms with Gasteiger partial charge < -0.3 is 4.55 Å². The van der Waals surface area contributed by atoms with Crippen molar-refractivity contribution in [1.29, 1.82) is 0 Å². The van der Waals surface area contributed by atoms with Crippen molar-refractivity contribution in [2.75, 3.05) is 0 Å². The highest BCUT2D eigenvalue weighted by atomic mass is 32.2. The van der Waals surface area contributed by atoms with Gasteiger partial charge in [-0.05, 0) is 0 Å². The van der Waals surface area contributed by atoms with Crippen molar-refractivity contribution >= 4 is 11.4 Å². The minimum atomic E-state index is -3.11. The second-order valence-corrected chi connectivity index (χ2v) is 0.612. The molecule has 4 heavy (non-hydrogen) atoms. The molecule has 0 aromatic rings. The van der Waals surface area contributed by atoms with Crippen molar-refractivity contribution in [2.24, 2.45) is 0 Å². The molecule has 0 rings (SSSR count). The van der Waals surface area contributed by atoms with E-state index in [9.17, 15) is 0 Å². The molecule has 0 heterocycles. The van der Waals surface area contributed by atoms with Crippen LogP contribution in [0.15, 0.2) is 0 Å². The second-order valence-electron chi connectivity index (χ2n) is 0.204. The lowest BCUT2D eigenvalue weighted by Crippen LogP contribution is -1.71. The molecule has 1 radical (unpaired) electrons. The standard InChI is InChI=1S/HO3S/c1-4(2)3/h(H,1,2)/p-1. The minimum absolute atomic E-state index is 3.11. The third-order valence-corrected chi connectivity index (χ3v) is 0. The summed E-state index contributed by atoms with van der Waals surface area (Å²) in [5.41, 5.74) is 0. The summed E-state index contributed by atoms with van der Waals surface area (Å²) < 4.78 is 25.3. The maximum atomic E-state index is 8.44. The van der Waals surface area contributed by atoms with Crippen molar-refractivity contribution in [3.63, 3.8) is 0 Å². The fraction of sp³-hybridized carbons (Fsp3) is 0. The first-order valence-electron chi connectivity index (χ1n) is 0.500. The molecule has 0 amide bonds. The maximum Gasteiger partial charge on any atom is 0.122 e. The van der Waals surface area contributed by atoms with E-state index in [1.54, 1.807) is 0 Å². The third-order valence-electron chi connectivity index (χ3n) is 0. The molecule has 3 nitrogen and oxygen atoms in total. The summed E-state index contributed by atoms with van der Waals surface area (Å²) in [4.78, 5) is 0. The Morgan fingerprint density at radius 2 is 1.75 bits per heavy atom. The van der Waals surface area contributed by atoms with Gasteiger partial charge in [0.1, 0.15) is 11.4 Å². The van der Waals surface area contributed by atoms with E-state index in [0.717, 1.165) is 0 Å². The Labute approximate surface area is 25.8 Å². The van der Waals surface area contributed by atoms with E-state index >= 15 is 0 Å². The summed E-state index contributed by atoms with van der Waals surface area (Å²) in [6, 6.07) is 0. The van der Waals surface area contributed by atoms with Gasteiger partial charge in [-0.3, -0.25) is 0 Å². The predicted octanol–water partition coefficient (Wildman–Crippen LogP) is -0.789. The molecule has 0 N–H and O–H groups in total. The lowest BCUT2D eigenvalue weighted by Gasteiger charge is -1.78. The zero-order valence-electron chi connectivity index (χ0n) is 1.63. The Balaban J connectivity index is 2.80. The Morgan fingerprint density at radius 3 is 1.75 bits per heavy atom. The van der Waals surface area contributed by atoms with Crippen LogP contribution in [-0.2, 0) is 15.9 Å². The highest BCUT2D eigenvalue weighted by molar-refractivity contribution is 7.72. The van der Waals surface area contributed by atoms with Gasteiger partial charge >= 0.3 is 0 Å². The highest BCUT2D eigenvalue weighted by Crippen LogP contribution is 1.46. The van der Waals surface area contributed by atoms with Crippen molar-refractivity contribution < 1.29 is 13.3 Å². The van der Waals surface area contributed by atoms with E-state index in [-0.39, 0.29) is 0 Å². The molecule has 0 bridgehead atoms. The van der Waals surface area contributed by atoms with E-state index in [2.05, 4.69) is 0 Å². The van der Waals surface area contributed by atoms with Crippen LogP contribution in [0, 0.1) is 0 Å². The van der Waals surface area contributed by atoms with Crippen LogP contribution in [0.5, 0.6) is 0 Å². The first kappa shape index (κ1) is 4.07. The summed E-state index contributed by atoms with van der Waals surface area (Å²) in [7, 11) is 0. The molecule has 0 saturated carbocycles. The first-order valence-corrected chi connectivity index (χ1v) is 1.50. The average Bonchev–Trinajstić information content (AvgIpc) is 0.811. The van der Waals surface area contributed by atoms with Crippen LogP contribution in [0.4, 0.5) is 0 Å². The van der Waals surface area contributed by atoms with Crippen LogP contribution >= 0.6 is 0 Å². The Kier molecular flexibility index (Phi) is 1.42. The van der Waals surface area contributed by atoms with Crippen molar-refractivity contribution in [3.8, 4) is 0 Å². The molecule has 4 heteroatoms. The van der Waals surface area contributed by atoms with Crippen LogP contribution in [0.3, 0.4) is 0 Å². The molecule has 0 aromatic heterocycles. The van der Waals surface area contributed by atoms with Crippen molar-refractivity contribution in [3.05, 3.63) is 0 Å². The summed E-state index contributed by atoms with van der Waals surface area (Å²) in [6.45, 7) is 0. The molecule has 0 aliphatic heterocycles. The zero-order valence-corrected chi connectivity index (χ0v) is 2.45. The predicted molar refractivity (Wildman–Crippen MR) is 9.61 cm³/mol. The summed E-state index contributed by atoms with van der Waals surface area (Å²) >= 11 is -3.11. The Bertz CT molecular complexity index is 26.3. The Morgan fingerprint density at radius 1 is 1.75 bits per heavy atom. The SMILES string of the molecule is [O]S(=O)[O-]. The van der Waals surface area contributed by atoms with Gasteiger partial charge in [-0.1, -0.05) is 0 Å². The largest absolute Gasteiger partial charge is 0.747 e. The van der Waals surface area contributed by atoms with Gasteiger partial charge in [-0.2, -0.15) is 0 Å². The van der Waals surface area contributed by atoms with E-state index in [1.165, 1.54) is 0 Å². The maximum absolute atomic E-state index is 8.44. The third kappa shape index (κ3) is 484. The topological polar surface area (TPSA) is 60.0 Å². The normalized spacial score (nSPS) is 15.5. The van der Waals surface area contributed by atoms with E-state index in [4.69, 9.17) is 13.3 Å². The van der Waals surface area contributed by atoms with E-state index < -0.39 is 11.4 Å². The van der Waals surface area contributed by atoms with Gasteiger partial charge in [0, 0.05) is 0 Å². The van der Waals surface area contributed by atoms with Gasteiger partial charge in [0.15, 0.2) is 0 Å². The van der Waals surface area contributed by atoms with Gasteiger partial charge in [0.25, 0.3) is 0 Å². The summed E-state index contributed by atoms with van der Waals surface area (Å²) in [5, 5.41) is 0. The number of hydrogen-bond acceptors (Lipinski definition) is 2. The molecule has 0 fully saturated rings. The van der Waals surface area contributed by atoms with Crippen LogP contribution in [0.25, 0.3) is 0 Å². The molecule has 0 aliphatic rings. The van der Waals surface area contributed by atoms with Gasteiger partial charge in [0.05, 0.1) is 0 Å². The van der Waals surface area contributed by atoms with Crippen molar-refractivity contribution in [2.45, 2.75) is 0 Å². The van der Waals surface area contributed by atoms with Gasteiger partial charge in [0.2, 0.25) is 0 Å². The number of hydrogen-bond donors (Lipinski definition) is 0. The van der Waals surface area contributed by atoms with Gasteiger partial charge in [-0.25, -0.2) is 4.21 Å². The lowest BCUT2D eigenvalue weighted by atomic mass is 15.8. The monoisotopic (exact) mass is 80.0 g/mol. The second kappa shape index (κ2) is 1.40. The smallest absolute Gasteiger partial charge is 0.122 e. The molecule has 0 saturated heterocycles. The molecule has 0 atom stereocenters. The fourth-order valence-corrected chi connectivity index (χ4v) is 0. The van der Waals surface area contributed by atoms with Crippen LogP contribution in [0.1, 0.15) is 0 Å². The fourth-order valence-electron chi connectivity index (χ4n) is 0. The molecule has 0 aromatic carbocycles. The van der Waals surface area contributed by atoms with Gasteiger partial charge in [-0.15, -0.1) is 4.55 Å². The van der Waals surface area contributed by atoms with Crippen molar-refractivity contribution in [1.82, 2.24) is 0 Å². The Hall–Kier alpha value is 0.0700. The van der Waals surface area contributed by atoms with E-state index in [0.29, 0.717) is 0 Å². The minimum Gasteiger partial charge on any atom is -0.747 e. The molecular formula is O3S-. The molecule has 25 valence electrons. The quantitative estimate of drug-likeness (QED) is 0.358.